The number of benzene rings is 3. The molecular formula is C34H29N4O3S+. The van der Waals surface area contributed by atoms with Crippen LogP contribution in [0.25, 0.3) is 10.4 Å². The van der Waals surface area contributed by atoms with E-state index in [2.05, 4.69) is 10.4 Å². The number of carbonyl (C=O) groups is 3. The highest BCUT2D eigenvalue weighted by Gasteiger charge is 2.31. The van der Waals surface area contributed by atoms with Gasteiger partial charge in [0.05, 0.1) is 23.2 Å². The van der Waals surface area contributed by atoms with Gasteiger partial charge >= 0.3 is 5.91 Å². The highest BCUT2D eigenvalue weighted by Crippen LogP contribution is 2.43. The molecule has 7 nitrogen and oxygen atoms in total. The third kappa shape index (κ3) is 5.10. The lowest BCUT2D eigenvalue weighted by atomic mass is 10.1. The van der Waals surface area contributed by atoms with Gasteiger partial charge in [-0.05, 0) is 76.9 Å². The number of hydrazone groups is 1. The summed E-state index contributed by atoms with van der Waals surface area (Å²) in [6.07, 6.45) is 5.79. The molecule has 2 amide bonds. The number of hydrogen-bond acceptors (Lipinski definition) is 5. The van der Waals surface area contributed by atoms with Crippen molar-refractivity contribution in [2.75, 3.05) is 16.8 Å². The molecule has 3 heterocycles. The van der Waals surface area contributed by atoms with E-state index >= 15 is 0 Å². The number of ketones is 1. The van der Waals surface area contributed by atoms with E-state index in [9.17, 15) is 14.4 Å². The minimum absolute atomic E-state index is 0.102. The Bertz CT molecular complexity index is 1770. The van der Waals surface area contributed by atoms with E-state index in [4.69, 9.17) is 0 Å². The molecule has 0 bridgehead atoms. The van der Waals surface area contributed by atoms with Crippen molar-refractivity contribution in [3.05, 3.63) is 101 Å². The van der Waals surface area contributed by atoms with Crippen LogP contribution in [0.3, 0.4) is 0 Å². The van der Waals surface area contributed by atoms with E-state index in [-0.39, 0.29) is 17.6 Å². The summed E-state index contributed by atoms with van der Waals surface area (Å²) in [5.74, 6) is 0.450. The fourth-order valence-electron chi connectivity index (χ4n) is 5.53. The number of fused-ring (bicyclic) bond motifs is 3. The zero-order valence-corrected chi connectivity index (χ0v) is 23.8. The van der Waals surface area contributed by atoms with E-state index in [1.807, 2.05) is 65.6 Å². The van der Waals surface area contributed by atoms with Crippen LogP contribution >= 0.6 is 11.3 Å². The summed E-state index contributed by atoms with van der Waals surface area (Å²) in [5.41, 5.74) is 5.45. The van der Waals surface area contributed by atoms with E-state index < -0.39 is 0 Å². The first kappa shape index (κ1) is 26.2. The first-order valence-corrected chi connectivity index (χ1v) is 15.1. The second-order valence-electron chi connectivity index (χ2n) is 10.9. The summed E-state index contributed by atoms with van der Waals surface area (Å²) >= 11 is 1.55. The normalized spacial score (nSPS) is 15.7. The quantitative estimate of drug-likeness (QED) is 0.197. The Balaban J connectivity index is 1.09. The van der Waals surface area contributed by atoms with Crippen LogP contribution in [0.4, 0.5) is 17.1 Å². The van der Waals surface area contributed by atoms with Crippen molar-refractivity contribution >= 4 is 57.9 Å². The molecule has 7 rings (SSSR count). The minimum atomic E-state index is -0.238. The molecule has 3 aromatic carbocycles. The SMILES string of the molecule is O=C(Nc1ccc(C(=O)N2CCc3cc(C(=O)CC4CC4)sc3-c3ccccc32)cc1)C1=[N+](c2ccccc2)N=CC1. The van der Waals surface area contributed by atoms with Crippen LogP contribution in [-0.4, -0.2) is 40.8 Å². The summed E-state index contributed by atoms with van der Waals surface area (Å²) in [4.78, 5) is 43.4. The van der Waals surface area contributed by atoms with Gasteiger partial charge in [-0.15, -0.1) is 11.3 Å². The Hall–Kier alpha value is -4.69. The number of rotatable bonds is 7. The number of carbonyl (C=O) groups excluding carboxylic acids is 3. The minimum Gasteiger partial charge on any atom is -0.317 e. The molecule has 42 heavy (non-hydrogen) atoms. The molecule has 1 aliphatic carbocycles. The molecule has 0 radical (unpaired) electrons. The van der Waals surface area contributed by atoms with E-state index in [1.54, 1.807) is 46.5 Å². The molecule has 2 aliphatic heterocycles. The molecule has 1 saturated carbocycles. The van der Waals surface area contributed by atoms with Gasteiger partial charge < -0.3 is 10.2 Å². The summed E-state index contributed by atoms with van der Waals surface area (Å²) in [6, 6.07) is 26.5. The molecule has 1 N–H and O–H groups in total. The monoisotopic (exact) mass is 573 g/mol. The third-order valence-corrected chi connectivity index (χ3v) is 9.19. The molecule has 3 aliphatic rings. The first-order valence-electron chi connectivity index (χ1n) is 14.3. The Kier molecular flexibility index (Phi) is 6.83. The summed E-state index contributed by atoms with van der Waals surface area (Å²) in [6.45, 7) is 0.516. The van der Waals surface area contributed by atoms with E-state index in [0.29, 0.717) is 48.7 Å². The highest BCUT2D eigenvalue weighted by atomic mass is 32.1. The Morgan fingerprint density at radius 3 is 2.50 bits per heavy atom. The summed E-state index contributed by atoms with van der Waals surface area (Å²) in [5, 5.41) is 7.29. The maximum atomic E-state index is 13.8. The van der Waals surface area contributed by atoms with Crippen molar-refractivity contribution in [3.8, 4) is 10.4 Å². The van der Waals surface area contributed by atoms with Crippen molar-refractivity contribution in [1.82, 2.24) is 0 Å². The van der Waals surface area contributed by atoms with Crippen molar-refractivity contribution < 1.29 is 19.1 Å². The second-order valence-corrected chi connectivity index (χ2v) is 11.9. The molecule has 0 unspecified atom stereocenters. The number of nitrogens with zero attached hydrogens (tertiary/aromatic N) is 3. The van der Waals surface area contributed by atoms with Gasteiger partial charge in [-0.3, -0.25) is 14.4 Å². The number of amides is 2. The maximum absolute atomic E-state index is 13.8. The number of thiophene rings is 1. The number of anilines is 2. The van der Waals surface area contributed by atoms with E-state index in [1.165, 1.54) is 0 Å². The summed E-state index contributed by atoms with van der Waals surface area (Å²) in [7, 11) is 0. The molecule has 208 valence electrons. The Morgan fingerprint density at radius 2 is 1.71 bits per heavy atom. The number of hydrogen-bond donors (Lipinski definition) is 1. The van der Waals surface area contributed by atoms with Crippen molar-refractivity contribution in [2.24, 2.45) is 11.0 Å². The third-order valence-electron chi connectivity index (χ3n) is 7.93. The van der Waals surface area contributed by atoms with Gasteiger partial charge in [-0.2, -0.15) is 0 Å². The van der Waals surface area contributed by atoms with Gasteiger partial charge in [-0.25, -0.2) is 0 Å². The highest BCUT2D eigenvalue weighted by molar-refractivity contribution is 7.17. The molecule has 8 heteroatoms. The molecule has 0 atom stereocenters. The second kappa shape index (κ2) is 10.9. The Morgan fingerprint density at radius 1 is 0.952 bits per heavy atom. The van der Waals surface area contributed by atoms with Crippen molar-refractivity contribution in [2.45, 2.75) is 32.1 Å². The van der Waals surface area contributed by atoms with Crippen LogP contribution in [-0.2, 0) is 11.2 Å². The maximum Gasteiger partial charge on any atom is 0.319 e. The molecule has 1 fully saturated rings. The predicted molar refractivity (Wildman–Crippen MR) is 166 cm³/mol. The lowest BCUT2D eigenvalue weighted by molar-refractivity contribution is -0.440. The standard InChI is InChI=1S/C34H28N4O3S/c39-30(20-22-10-11-22)31-21-24-17-19-37(28-9-5-4-8-27(28)32(24)42-31)34(41)23-12-14-25(15-13-23)36-33(40)29-16-18-35-38(29)26-6-2-1-3-7-26/h1-9,12-15,18,21-22H,10-11,16-17,19-20H2/p+1. The smallest absolute Gasteiger partial charge is 0.317 e. The van der Waals surface area contributed by atoms with Gasteiger partial charge in [0.1, 0.15) is 0 Å². The molecular weight excluding hydrogens is 544 g/mol. The van der Waals surface area contributed by atoms with Crippen LogP contribution in [0, 0.1) is 5.92 Å². The fraction of sp³-hybridized carbons (Fsp3) is 0.206. The average molecular weight is 574 g/mol. The largest absolute Gasteiger partial charge is 0.319 e. The van der Waals surface area contributed by atoms with Crippen LogP contribution in [0.5, 0.6) is 0 Å². The molecule has 1 aromatic heterocycles. The van der Waals surface area contributed by atoms with Gasteiger partial charge in [0.25, 0.3) is 11.6 Å². The lowest BCUT2D eigenvalue weighted by Gasteiger charge is -2.23. The van der Waals surface area contributed by atoms with Crippen LogP contribution in [0.2, 0.25) is 0 Å². The van der Waals surface area contributed by atoms with Gasteiger partial charge in [0, 0.05) is 46.8 Å². The van der Waals surface area contributed by atoms with Crippen molar-refractivity contribution in [1.29, 1.82) is 0 Å². The zero-order valence-electron chi connectivity index (χ0n) is 23.0. The molecule has 0 spiro atoms. The van der Waals surface area contributed by atoms with Gasteiger partial charge in [-0.1, -0.05) is 36.4 Å². The van der Waals surface area contributed by atoms with Crippen LogP contribution < -0.4 is 10.2 Å². The van der Waals surface area contributed by atoms with E-state index in [0.717, 1.165) is 45.1 Å². The van der Waals surface area contributed by atoms with Crippen molar-refractivity contribution in [3.63, 3.8) is 0 Å². The molecule has 0 saturated heterocycles. The fourth-order valence-corrected chi connectivity index (χ4v) is 6.72. The molecule has 4 aromatic rings. The van der Waals surface area contributed by atoms with Gasteiger partial charge in [0.2, 0.25) is 5.69 Å². The first-order chi connectivity index (χ1) is 20.5. The predicted octanol–water partition coefficient (Wildman–Crippen LogP) is 6.71. The number of nitrogens with one attached hydrogen (secondary N) is 1. The number of Topliss-reactive ketones (excluding diaryl/α,β-unsaturated/α-hetero) is 1. The lowest BCUT2D eigenvalue weighted by Crippen LogP contribution is -2.32. The number of para-hydroxylation sites is 2. The Labute approximate surface area is 247 Å². The topological polar surface area (TPSA) is 81.9 Å². The van der Waals surface area contributed by atoms with Crippen LogP contribution in [0.15, 0.2) is 90.0 Å². The van der Waals surface area contributed by atoms with Crippen LogP contribution in [0.1, 0.15) is 51.3 Å². The zero-order chi connectivity index (χ0) is 28.6. The average Bonchev–Trinajstić information content (AvgIpc) is 3.55. The summed E-state index contributed by atoms with van der Waals surface area (Å²) < 4.78 is 1.65. The van der Waals surface area contributed by atoms with Gasteiger partial charge in [0.15, 0.2) is 5.78 Å².